The third kappa shape index (κ3) is 4.28. The Kier molecular flexibility index (Phi) is 7.23. The summed E-state index contributed by atoms with van der Waals surface area (Å²) in [6.07, 6.45) is 6.83. The number of rotatable bonds is 8. The van der Waals surface area contributed by atoms with Crippen LogP contribution < -0.4 is 15.4 Å². The van der Waals surface area contributed by atoms with Crippen LogP contribution in [0.15, 0.2) is 24.3 Å². The van der Waals surface area contributed by atoms with Gasteiger partial charge in [0.1, 0.15) is 11.8 Å². The van der Waals surface area contributed by atoms with Crippen LogP contribution in [0.4, 0.5) is 5.69 Å². The number of nitrogens with one attached hydrogen (secondary N) is 2. The highest BCUT2D eigenvalue weighted by molar-refractivity contribution is 8.02. The normalized spacial score (nSPS) is 32.3. The van der Waals surface area contributed by atoms with Gasteiger partial charge in [-0.1, -0.05) is 19.3 Å². The average Bonchev–Trinajstić information content (AvgIpc) is 3.53. The van der Waals surface area contributed by atoms with Gasteiger partial charge in [0.05, 0.1) is 35.8 Å². The monoisotopic (exact) mass is 515 g/mol. The minimum atomic E-state index is -0.669. The number of aliphatic hydroxyl groups is 1. The average molecular weight is 516 g/mol. The molecule has 9 heteroatoms. The summed E-state index contributed by atoms with van der Waals surface area (Å²) < 4.78 is 4.85. The zero-order valence-corrected chi connectivity index (χ0v) is 21.9. The van der Waals surface area contributed by atoms with Crippen molar-refractivity contribution in [3.63, 3.8) is 0 Å². The highest BCUT2D eigenvalue weighted by atomic mass is 32.2. The van der Waals surface area contributed by atoms with Crippen LogP contribution >= 0.6 is 11.8 Å². The molecule has 2 unspecified atom stereocenters. The van der Waals surface area contributed by atoms with Gasteiger partial charge in [-0.15, -0.1) is 11.8 Å². The molecule has 3 N–H and O–H groups in total. The number of hydrogen-bond donors (Lipinski definition) is 3. The number of aliphatic hydroxyl groups excluding tert-OH is 1. The first-order chi connectivity index (χ1) is 17.4. The largest absolute Gasteiger partial charge is 0.494 e. The molecule has 36 heavy (non-hydrogen) atoms. The number of nitrogens with zero attached hydrogens (tertiary/aromatic N) is 1. The van der Waals surface area contributed by atoms with Gasteiger partial charge in [0, 0.05) is 17.0 Å². The lowest BCUT2D eigenvalue weighted by Gasteiger charge is -2.37. The van der Waals surface area contributed by atoms with E-state index >= 15 is 0 Å². The van der Waals surface area contributed by atoms with Crippen LogP contribution in [0.25, 0.3) is 0 Å². The van der Waals surface area contributed by atoms with Gasteiger partial charge in [0.25, 0.3) is 0 Å². The SMILES string of the molecule is CCOc1ccc(NC(=O)[C@@H]2[C@H]3C(=O)N([C@H](C)CO)C(C(=O)NC4CCCCC4)C34CC[C@H]2S4)cc1. The summed E-state index contributed by atoms with van der Waals surface area (Å²) in [7, 11) is 0. The Bertz CT molecular complexity index is 998. The number of amides is 3. The third-order valence-electron chi connectivity index (χ3n) is 8.41. The van der Waals surface area contributed by atoms with Gasteiger partial charge in [0.15, 0.2) is 0 Å². The summed E-state index contributed by atoms with van der Waals surface area (Å²) in [5.41, 5.74) is 0.655. The lowest BCUT2D eigenvalue weighted by molar-refractivity contribution is -0.141. The number of carbonyl (C=O) groups is 3. The molecule has 3 amide bonds. The summed E-state index contributed by atoms with van der Waals surface area (Å²) >= 11 is 1.65. The number of benzene rings is 1. The first-order valence-electron chi connectivity index (χ1n) is 13.3. The summed E-state index contributed by atoms with van der Waals surface area (Å²) in [4.78, 5) is 42.8. The van der Waals surface area contributed by atoms with E-state index in [0.29, 0.717) is 12.3 Å². The van der Waals surface area contributed by atoms with Crippen molar-refractivity contribution in [1.82, 2.24) is 10.2 Å². The van der Waals surface area contributed by atoms with Gasteiger partial charge in [-0.3, -0.25) is 14.4 Å². The van der Waals surface area contributed by atoms with Crippen molar-refractivity contribution in [3.8, 4) is 5.75 Å². The standard InChI is InChI=1S/C27H37N3O5S/c1-3-35-19-11-9-18(10-12-19)28-24(32)21-20-13-14-27(36-20)22(21)26(34)30(16(2)15-31)23(27)25(33)29-17-7-5-4-6-8-17/h9-12,16-17,20-23,31H,3-8,13-15H2,1-2H3,(H,28,32)(H,29,33)/t16-,20-,21+,22+,23?,27?/m1/s1. The van der Waals surface area contributed by atoms with Crippen molar-refractivity contribution < 1.29 is 24.2 Å². The highest BCUT2D eigenvalue weighted by Gasteiger charge is 2.74. The summed E-state index contributed by atoms with van der Waals surface area (Å²) in [6.45, 7) is 4.04. The lowest BCUT2D eigenvalue weighted by atomic mass is 9.70. The zero-order valence-electron chi connectivity index (χ0n) is 21.1. The molecule has 2 bridgehead atoms. The smallest absolute Gasteiger partial charge is 0.244 e. The Morgan fingerprint density at radius 3 is 2.56 bits per heavy atom. The molecule has 1 aliphatic carbocycles. The van der Waals surface area contributed by atoms with E-state index in [9.17, 15) is 19.5 Å². The Morgan fingerprint density at radius 2 is 1.89 bits per heavy atom. The van der Waals surface area contributed by atoms with Crippen molar-refractivity contribution in [2.24, 2.45) is 11.8 Å². The molecule has 1 saturated carbocycles. The van der Waals surface area contributed by atoms with Crippen molar-refractivity contribution in [3.05, 3.63) is 24.3 Å². The number of thioether (sulfide) groups is 1. The Hall–Kier alpha value is -2.26. The second-order valence-electron chi connectivity index (χ2n) is 10.6. The number of fused-ring (bicyclic) bond motifs is 1. The van der Waals surface area contributed by atoms with Crippen LogP contribution in [0.3, 0.4) is 0 Å². The van der Waals surface area contributed by atoms with E-state index in [4.69, 9.17) is 4.74 Å². The Labute approximate surface area is 216 Å². The number of hydrogen-bond acceptors (Lipinski definition) is 6. The molecule has 1 spiro atoms. The number of carbonyl (C=O) groups excluding carboxylic acids is 3. The van der Waals surface area contributed by atoms with Gasteiger partial charge in [-0.2, -0.15) is 0 Å². The second kappa shape index (κ2) is 10.2. The maximum Gasteiger partial charge on any atom is 0.244 e. The second-order valence-corrected chi connectivity index (χ2v) is 12.2. The van der Waals surface area contributed by atoms with Crippen LogP contribution in [0.5, 0.6) is 5.75 Å². The molecular weight excluding hydrogens is 478 g/mol. The predicted octanol–water partition coefficient (Wildman–Crippen LogP) is 2.94. The van der Waals surface area contributed by atoms with Crippen LogP contribution in [0.1, 0.15) is 58.8 Å². The third-order valence-corrected chi connectivity index (χ3v) is 10.4. The molecule has 6 atom stereocenters. The Morgan fingerprint density at radius 1 is 1.17 bits per heavy atom. The van der Waals surface area contributed by atoms with Gasteiger partial charge in [0.2, 0.25) is 17.7 Å². The molecule has 3 heterocycles. The zero-order chi connectivity index (χ0) is 25.4. The van der Waals surface area contributed by atoms with E-state index in [0.717, 1.165) is 44.3 Å². The molecule has 3 saturated heterocycles. The molecule has 3 aliphatic heterocycles. The van der Waals surface area contributed by atoms with E-state index in [1.54, 1.807) is 35.7 Å². The molecule has 4 aliphatic rings. The minimum Gasteiger partial charge on any atom is -0.494 e. The van der Waals surface area contributed by atoms with Gasteiger partial charge in [-0.05, 0) is 63.8 Å². The molecule has 0 radical (unpaired) electrons. The van der Waals surface area contributed by atoms with Crippen LogP contribution in [-0.4, -0.2) is 69.1 Å². The van der Waals surface area contributed by atoms with E-state index < -0.39 is 28.7 Å². The van der Waals surface area contributed by atoms with E-state index in [2.05, 4.69) is 10.6 Å². The maximum atomic E-state index is 13.9. The first kappa shape index (κ1) is 25.4. The minimum absolute atomic E-state index is 0.00166. The van der Waals surface area contributed by atoms with Gasteiger partial charge in [-0.25, -0.2) is 0 Å². The first-order valence-corrected chi connectivity index (χ1v) is 14.2. The molecule has 8 nitrogen and oxygen atoms in total. The quantitative estimate of drug-likeness (QED) is 0.491. The van der Waals surface area contributed by atoms with E-state index in [1.165, 1.54) is 6.42 Å². The van der Waals surface area contributed by atoms with Crippen LogP contribution in [-0.2, 0) is 14.4 Å². The number of anilines is 1. The molecule has 4 fully saturated rings. The van der Waals surface area contributed by atoms with Gasteiger partial charge >= 0.3 is 0 Å². The fourth-order valence-corrected chi connectivity index (χ4v) is 9.01. The van der Waals surface area contributed by atoms with Crippen molar-refractivity contribution in [2.45, 2.75) is 86.9 Å². The van der Waals surface area contributed by atoms with Gasteiger partial charge < -0.3 is 25.4 Å². The fourth-order valence-electron chi connectivity index (χ4n) is 6.81. The van der Waals surface area contributed by atoms with Crippen LogP contribution in [0.2, 0.25) is 0 Å². The van der Waals surface area contributed by atoms with Crippen molar-refractivity contribution in [1.29, 1.82) is 0 Å². The number of likely N-dealkylation sites (tertiary alicyclic amines) is 1. The highest BCUT2D eigenvalue weighted by Crippen LogP contribution is 2.66. The molecule has 0 aromatic heterocycles. The Balaban J connectivity index is 1.40. The molecule has 1 aromatic carbocycles. The lowest BCUT2D eigenvalue weighted by Crippen LogP contribution is -2.57. The van der Waals surface area contributed by atoms with Crippen molar-refractivity contribution in [2.75, 3.05) is 18.5 Å². The predicted molar refractivity (Wildman–Crippen MR) is 139 cm³/mol. The molecule has 5 rings (SSSR count). The molecular formula is C27H37N3O5S. The fraction of sp³-hybridized carbons (Fsp3) is 0.667. The summed E-state index contributed by atoms with van der Waals surface area (Å²) in [6, 6.07) is 6.20. The van der Waals surface area contributed by atoms with E-state index in [1.807, 2.05) is 19.1 Å². The maximum absolute atomic E-state index is 13.9. The summed E-state index contributed by atoms with van der Waals surface area (Å²) in [5.74, 6) is -0.831. The van der Waals surface area contributed by atoms with Crippen molar-refractivity contribution >= 4 is 35.2 Å². The topological polar surface area (TPSA) is 108 Å². The van der Waals surface area contributed by atoms with E-state index in [-0.39, 0.29) is 35.6 Å². The summed E-state index contributed by atoms with van der Waals surface area (Å²) in [5, 5.41) is 16.2. The van der Waals surface area contributed by atoms with Crippen LogP contribution in [0, 0.1) is 11.8 Å². The number of ether oxygens (including phenoxy) is 1. The molecule has 1 aromatic rings. The molecule has 196 valence electrons.